The number of carbonyl (C=O) groups is 1. The lowest BCUT2D eigenvalue weighted by atomic mass is 10.0. The van der Waals surface area contributed by atoms with Crippen LogP contribution < -0.4 is 10.2 Å². The predicted molar refractivity (Wildman–Crippen MR) is 105 cm³/mol. The van der Waals surface area contributed by atoms with Crippen LogP contribution in [0.5, 0.6) is 0 Å². The van der Waals surface area contributed by atoms with Crippen molar-refractivity contribution in [3.05, 3.63) is 47.7 Å². The predicted octanol–water partition coefficient (Wildman–Crippen LogP) is 4.07. The zero-order chi connectivity index (χ0) is 21.6. The van der Waals surface area contributed by atoms with Crippen molar-refractivity contribution in [2.24, 2.45) is 23.7 Å². The van der Waals surface area contributed by atoms with Crippen molar-refractivity contribution in [3.8, 4) is 0 Å². The van der Waals surface area contributed by atoms with Gasteiger partial charge < -0.3 is 15.3 Å². The molecule has 1 aliphatic carbocycles. The number of benzene rings is 1. The molecule has 1 aromatic carbocycles. The second-order valence-electron chi connectivity index (χ2n) is 8.15. The van der Waals surface area contributed by atoms with E-state index in [0.29, 0.717) is 13.1 Å². The lowest BCUT2D eigenvalue weighted by Crippen LogP contribution is -2.29. The first-order valence-corrected chi connectivity index (χ1v) is 9.90. The average Bonchev–Trinajstić information content (AvgIpc) is 3.19. The molecule has 1 saturated carbocycles. The van der Waals surface area contributed by atoms with E-state index in [1.54, 1.807) is 11.8 Å². The summed E-state index contributed by atoms with van der Waals surface area (Å²) in [5, 5.41) is 12.2. The molecule has 2 fully saturated rings. The molecule has 2 N–H and O–H groups in total. The van der Waals surface area contributed by atoms with E-state index in [-0.39, 0.29) is 35.6 Å². The molecule has 2 aromatic rings. The average molecular weight is 420 g/mol. The maximum Gasteiger partial charge on any atom is 0.433 e. The van der Waals surface area contributed by atoms with Crippen molar-refractivity contribution < 1.29 is 23.1 Å². The minimum Gasteiger partial charge on any atom is -0.481 e. The number of hydrogen-bond acceptors (Lipinski definition) is 5. The summed E-state index contributed by atoms with van der Waals surface area (Å²) in [6, 6.07) is 10.0. The maximum absolute atomic E-state index is 13.4. The number of nitrogens with zero attached hydrogens (tertiary/aromatic N) is 3. The Kier molecular flexibility index (Phi) is 5.07. The molecule has 9 heteroatoms. The van der Waals surface area contributed by atoms with E-state index in [9.17, 15) is 23.1 Å². The highest BCUT2D eigenvalue weighted by Crippen LogP contribution is 2.56. The Bertz CT molecular complexity index is 926. The molecule has 160 valence electrons. The van der Waals surface area contributed by atoms with Crippen molar-refractivity contribution in [3.63, 3.8) is 0 Å². The third-order valence-electron chi connectivity index (χ3n) is 6.20. The first-order valence-electron chi connectivity index (χ1n) is 9.90. The van der Waals surface area contributed by atoms with Crippen LogP contribution in [0, 0.1) is 23.7 Å². The molecule has 1 saturated heterocycles. The molecule has 2 heterocycles. The van der Waals surface area contributed by atoms with Gasteiger partial charge in [-0.3, -0.25) is 4.79 Å². The second kappa shape index (κ2) is 7.45. The fourth-order valence-corrected chi connectivity index (χ4v) is 4.49. The van der Waals surface area contributed by atoms with Gasteiger partial charge in [0.2, 0.25) is 5.95 Å². The number of alkyl halides is 3. The third-order valence-corrected chi connectivity index (χ3v) is 6.20. The molecule has 6 nitrogen and oxygen atoms in total. The molecular formula is C21H23F3N4O2. The summed E-state index contributed by atoms with van der Waals surface area (Å²) in [7, 11) is 0. The zero-order valence-corrected chi connectivity index (χ0v) is 16.6. The number of hydrogen-bond donors (Lipinski definition) is 2. The molecule has 30 heavy (non-hydrogen) atoms. The number of carboxylic acid groups (broad SMARTS) is 1. The minimum absolute atomic E-state index is 0.0767. The van der Waals surface area contributed by atoms with Gasteiger partial charge in [0.25, 0.3) is 0 Å². The number of aliphatic carboxylic acids is 1. The molecular weight excluding hydrogens is 397 g/mol. The summed E-state index contributed by atoms with van der Waals surface area (Å²) in [6.07, 6.45) is -4.59. The molecule has 0 bridgehead atoms. The van der Waals surface area contributed by atoms with Gasteiger partial charge in [0.1, 0.15) is 5.82 Å². The molecule has 2 aliphatic rings. The van der Waals surface area contributed by atoms with E-state index in [4.69, 9.17) is 0 Å². The number of halogens is 3. The quantitative estimate of drug-likeness (QED) is 0.734. The monoisotopic (exact) mass is 420 g/mol. The second-order valence-corrected chi connectivity index (χ2v) is 8.15. The Morgan fingerprint density at radius 1 is 1.17 bits per heavy atom. The number of piperidine rings is 1. The topological polar surface area (TPSA) is 78.3 Å². The van der Waals surface area contributed by atoms with Crippen LogP contribution in [-0.2, 0) is 11.0 Å². The van der Waals surface area contributed by atoms with Crippen LogP contribution in [0.4, 0.5) is 24.9 Å². The normalized spacial score (nSPS) is 24.8. The van der Waals surface area contributed by atoms with Crippen molar-refractivity contribution in [2.45, 2.75) is 26.1 Å². The van der Waals surface area contributed by atoms with Gasteiger partial charge >= 0.3 is 12.1 Å². The Hall–Kier alpha value is -2.84. The van der Waals surface area contributed by atoms with E-state index >= 15 is 0 Å². The number of carboxylic acids is 1. The minimum atomic E-state index is -4.59. The van der Waals surface area contributed by atoms with Crippen molar-refractivity contribution in [1.82, 2.24) is 9.97 Å². The number of fused-ring (bicyclic) bond motifs is 1. The standard InChI is InChI=1S/C21H23F3N4O2/c1-11(19(29)30)18-14-9-28(10-15(14)18)17-8-16(21(22,23)24)26-20(27-17)25-12(2)13-6-4-3-5-7-13/h3-8,11-12,14-15,18H,9-10H2,1-2H3,(H,29,30)(H,25,26,27)/t11?,12-,14-,15+,18?/m0/s1. The van der Waals surface area contributed by atoms with Gasteiger partial charge in [0.15, 0.2) is 5.69 Å². The lowest BCUT2D eigenvalue weighted by molar-refractivity contribution is -0.142. The summed E-state index contributed by atoms with van der Waals surface area (Å²) < 4.78 is 40.3. The molecule has 0 amide bonds. The highest BCUT2D eigenvalue weighted by Gasteiger charge is 2.59. The number of anilines is 2. The maximum atomic E-state index is 13.4. The summed E-state index contributed by atoms with van der Waals surface area (Å²) >= 11 is 0. The van der Waals surface area contributed by atoms with Crippen LogP contribution in [0.1, 0.15) is 31.1 Å². The van der Waals surface area contributed by atoms with Gasteiger partial charge in [-0.1, -0.05) is 37.3 Å². The van der Waals surface area contributed by atoms with Crippen LogP contribution in [0.2, 0.25) is 0 Å². The van der Waals surface area contributed by atoms with Crippen LogP contribution in [0.15, 0.2) is 36.4 Å². The highest BCUT2D eigenvalue weighted by molar-refractivity contribution is 5.71. The van der Waals surface area contributed by atoms with Gasteiger partial charge in [-0.15, -0.1) is 0 Å². The van der Waals surface area contributed by atoms with Crippen molar-refractivity contribution >= 4 is 17.7 Å². The largest absolute Gasteiger partial charge is 0.481 e. The Morgan fingerprint density at radius 2 is 1.80 bits per heavy atom. The number of rotatable bonds is 6. The molecule has 5 atom stereocenters. The zero-order valence-electron chi connectivity index (χ0n) is 16.6. The number of aromatic nitrogens is 2. The van der Waals surface area contributed by atoms with Gasteiger partial charge in [-0.2, -0.15) is 18.2 Å². The Labute approximate surface area is 172 Å². The van der Waals surface area contributed by atoms with Crippen LogP contribution in [0.25, 0.3) is 0 Å². The van der Waals surface area contributed by atoms with Gasteiger partial charge in [0.05, 0.1) is 12.0 Å². The van der Waals surface area contributed by atoms with Crippen LogP contribution in [0.3, 0.4) is 0 Å². The summed E-state index contributed by atoms with van der Waals surface area (Å²) in [6.45, 7) is 4.54. The van der Waals surface area contributed by atoms with Crippen LogP contribution >= 0.6 is 0 Å². The fourth-order valence-electron chi connectivity index (χ4n) is 4.49. The third kappa shape index (κ3) is 3.93. The van der Waals surface area contributed by atoms with Gasteiger partial charge in [-0.25, -0.2) is 4.98 Å². The highest BCUT2D eigenvalue weighted by atomic mass is 19.4. The molecule has 1 aliphatic heterocycles. The first kappa shape index (κ1) is 20.4. The fraction of sp³-hybridized carbons (Fsp3) is 0.476. The molecule has 4 rings (SSSR count). The smallest absolute Gasteiger partial charge is 0.433 e. The SMILES string of the molecule is CC(C(=O)O)C1[C@H]2CN(c3cc(C(F)(F)F)nc(N[C@@H](C)c4ccccc4)n3)C[C@@H]12. The Balaban J connectivity index is 1.54. The molecule has 2 unspecified atom stereocenters. The summed E-state index contributed by atoms with van der Waals surface area (Å²) in [4.78, 5) is 21.0. The van der Waals surface area contributed by atoms with E-state index < -0.39 is 23.8 Å². The van der Waals surface area contributed by atoms with E-state index in [1.807, 2.05) is 37.3 Å². The lowest BCUT2D eigenvalue weighted by Gasteiger charge is -2.24. The summed E-state index contributed by atoms with van der Waals surface area (Å²) in [5.41, 5.74) is -0.0840. The van der Waals surface area contributed by atoms with Gasteiger partial charge in [-0.05, 0) is 30.2 Å². The molecule has 0 radical (unpaired) electrons. The van der Waals surface area contributed by atoms with E-state index in [0.717, 1.165) is 11.6 Å². The molecule has 1 aromatic heterocycles. The van der Waals surface area contributed by atoms with Crippen molar-refractivity contribution in [2.75, 3.05) is 23.3 Å². The number of nitrogens with one attached hydrogen (secondary N) is 1. The Morgan fingerprint density at radius 3 is 2.37 bits per heavy atom. The first-order chi connectivity index (χ1) is 14.1. The van der Waals surface area contributed by atoms with E-state index in [2.05, 4.69) is 15.3 Å². The van der Waals surface area contributed by atoms with Crippen molar-refractivity contribution in [1.29, 1.82) is 0 Å². The van der Waals surface area contributed by atoms with Crippen LogP contribution in [-0.4, -0.2) is 34.1 Å². The van der Waals surface area contributed by atoms with E-state index in [1.165, 1.54) is 0 Å². The van der Waals surface area contributed by atoms with Gasteiger partial charge in [0, 0.05) is 19.2 Å². The summed E-state index contributed by atoms with van der Waals surface area (Å²) in [5.74, 6) is -0.689. The molecule has 0 spiro atoms.